The molecule has 0 aromatic carbocycles. The van der Waals surface area contributed by atoms with Gasteiger partial charge in [-0.2, -0.15) is 0 Å². The maximum Gasteiger partial charge on any atom is 0.145 e. The van der Waals surface area contributed by atoms with Gasteiger partial charge in [0.1, 0.15) is 8.07 Å². The summed E-state index contributed by atoms with van der Waals surface area (Å²) < 4.78 is 0. The molecule has 22 heavy (non-hydrogen) atoms. The molecule has 0 saturated heterocycles. The van der Waals surface area contributed by atoms with Gasteiger partial charge in [0.05, 0.1) is 0 Å². The molecule has 1 rings (SSSR count). The van der Waals surface area contributed by atoms with Crippen molar-refractivity contribution in [2.45, 2.75) is 71.0 Å². The van der Waals surface area contributed by atoms with E-state index in [-0.39, 0.29) is 0 Å². The Bertz CT molecular complexity index is 510. The van der Waals surface area contributed by atoms with E-state index in [1.54, 1.807) is 0 Å². The molecule has 1 heterocycles. The summed E-state index contributed by atoms with van der Waals surface area (Å²) in [7, 11) is -1.60. The molecule has 0 N–H and O–H groups in total. The number of pyridine rings is 1. The summed E-state index contributed by atoms with van der Waals surface area (Å²) in [5, 5.41) is 0. The lowest BCUT2D eigenvalue weighted by atomic mass is 10.1. The highest BCUT2D eigenvalue weighted by Crippen LogP contribution is 2.40. The molecule has 1 aromatic heterocycles. The van der Waals surface area contributed by atoms with Crippen molar-refractivity contribution in [2.24, 2.45) is 0 Å². The predicted octanol–water partition coefficient (Wildman–Crippen LogP) is 5.79. The molecule has 2 heteroatoms. The fraction of sp³-hybridized carbons (Fsp3) is 0.550. The first-order valence-corrected chi connectivity index (χ1v) is 10.6. The molecule has 1 aromatic rings. The zero-order valence-corrected chi connectivity index (χ0v) is 16.1. The lowest BCUT2D eigenvalue weighted by molar-refractivity contribution is 0.838. The van der Waals surface area contributed by atoms with Crippen LogP contribution in [0.25, 0.3) is 0 Å². The fourth-order valence-corrected chi connectivity index (χ4v) is 8.84. The molecule has 0 unspecified atom stereocenters. The topological polar surface area (TPSA) is 12.9 Å². The lowest BCUT2D eigenvalue weighted by Crippen LogP contribution is -2.43. The quantitative estimate of drug-likeness (QED) is 0.368. The van der Waals surface area contributed by atoms with Crippen molar-refractivity contribution in [3.8, 4) is 11.5 Å². The molecular formula is C20H31NSi. The molecule has 0 aliphatic carbocycles. The van der Waals surface area contributed by atoms with Crippen LogP contribution >= 0.6 is 0 Å². The SMILES string of the molecule is C=C(CC#C[Si](C(C)C)(C(C)C)C(C)C)Cc1ccccn1. The zero-order chi connectivity index (χ0) is 16.8. The predicted molar refractivity (Wildman–Crippen MR) is 101 cm³/mol. The van der Waals surface area contributed by atoms with Gasteiger partial charge in [-0.05, 0) is 28.8 Å². The van der Waals surface area contributed by atoms with E-state index in [2.05, 4.69) is 64.6 Å². The van der Waals surface area contributed by atoms with Crippen molar-refractivity contribution in [1.29, 1.82) is 0 Å². The van der Waals surface area contributed by atoms with E-state index in [0.717, 1.165) is 24.1 Å². The van der Waals surface area contributed by atoms with Crippen LogP contribution in [0.3, 0.4) is 0 Å². The van der Waals surface area contributed by atoms with Gasteiger partial charge in [-0.15, -0.1) is 11.5 Å². The molecule has 0 amide bonds. The summed E-state index contributed by atoms with van der Waals surface area (Å²) in [5.74, 6) is 3.47. The van der Waals surface area contributed by atoms with Crippen molar-refractivity contribution in [1.82, 2.24) is 4.98 Å². The van der Waals surface area contributed by atoms with Gasteiger partial charge in [0.15, 0.2) is 0 Å². The van der Waals surface area contributed by atoms with E-state index in [1.165, 1.54) is 0 Å². The summed E-state index contributed by atoms with van der Waals surface area (Å²) in [5.41, 5.74) is 8.04. The molecule has 0 fully saturated rings. The molecule has 0 radical (unpaired) electrons. The number of aromatic nitrogens is 1. The van der Waals surface area contributed by atoms with Gasteiger partial charge < -0.3 is 0 Å². The van der Waals surface area contributed by atoms with Gasteiger partial charge in [0.25, 0.3) is 0 Å². The highest BCUT2D eigenvalue weighted by Gasteiger charge is 2.41. The first kappa shape index (κ1) is 18.7. The smallest absolute Gasteiger partial charge is 0.145 e. The molecule has 0 saturated carbocycles. The largest absolute Gasteiger partial charge is 0.261 e. The molecule has 0 spiro atoms. The average molecular weight is 314 g/mol. The summed E-state index contributed by atoms with van der Waals surface area (Å²) in [6.45, 7) is 18.3. The van der Waals surface area contributed by atoms with Crippen molar-refractivity contribution in [3.05, 3.63) is 42.2 Å². The minimum atomic E-state index is -1.60. The standard InChI is InChI=1S/C20H31NSi/c1-16(2)22(17(3)4,18(5)6)14-10-11-19(7)15-20-12-8-9-13-21-20/h8-9,12-13,16-18H,7,11,15H2,1-6H3. The van der Waals surface area contributed by atoms with Crippen LogP contribution in [0.15, 0.2) is 36.5 Å². The minimum Gasteiger partial charge on any atom is -0.261 e. The van der Waals surface area contributed by atoms with Gasteiger partial charge in [-0.3, -0.25) is 4.98 Å². The van der Waals surface area contributed by atoms with E-state index < -0.39 is 8.07 Å². The van der Waals surface area contributed by atoms with Crippen molar-refractivity contribution in [2.75, 3.05) is 0 Å². The van der Waals surface area contributed by atoms with Gasteiger partial charge in [-0.25, -0.2) is 0 Å². The van der Waals surface area contributed by atoms with Crippen LogP contribution in [0.4, 0.5) is 0 Å². The van der Waals surface area contributed by atoms with E-state index in [0.29, 0.717) is 16.6 Å². The normalized spacial score (nSPS) is 11.7. The van der Waals surface area contributed by atoms with Crippen LogP contribution in [-0.4, -0.2) is 13.1 Å². The lowest BCUT2D eigenvalue weighted by Gasteiger charge is -2.38. The van der Waals surface area contributed by atoms with Gasteiger partial charge in [0.2, 0.25) is 0 Å². The van der Waals surface area contributed by atoms with E-state index in [1.807, 2.05) is 24.4 Å². The Morgan fingerprint density at radius 2 is 1.68 bits per heavy atom. The highest BCUT2D eigenvalue weighted by molar-refractivity contribution is 6.90. The second-order valence-corrected chi connectivity index (χ2v) is 12.7. The second-order valence-electron chi connectivity index (χ2n) is 7.12. The Morgan fingerprint density at radius 1 is 1.09 bits per heavy atom. The second kappa shape index (κ2) is 8.34. The molecule has 0 aliphatic rings. The first-order chi connectivity index (χ1) is 10.3. The monoisotopic (exact) mass is 313 g/mol. The van der Waals surface area contributed by atoms with Crippen LogP contribution in [0.2, 0.25) is 16.6 Å². The third-order valence-corrected chi connectivity index (χ3v) is 11.0. The molecule has 120 valence electrons. The van der Waals surface area contributed by atoms with E-state index in [9.17, 15) is 0 Å². The van der Waals surface area contributed by atoms with Crippen molar-refractivity contribution in [3.63, 3.8) is 0 Å². The maximum absolute atomic E-state index is 4.36. The number of nitrogens with zero attached hydrogens (tertiary/aromatic N) is 1. The van der Waals surface area contributed by atoms with Crippen LogP contribution < -0.4 is 0 Å². The highest BCUT2D eigenvalue weighted by atomic mass is 28.3. The summed E-state index contributed by atoms with van der Waals surface area (Å²) in [6.07, 6.45) is 3.45. The van der Waals surface area contributed by atoms with Gasteiger partial charge >= 0.3 is 0 Å². The fourth-order valence-electron chi connectivity index (χ4n) is 3.58. The van der Waals surface area contributed by atoms with Crippen molar-refractivity contribution >= 4 is 8.07 Å². The van der Waals surface area contributed by atoms with Crippen molar-refractivity contribution < 1.29 is 0 Å². The van der Waals surface area contributed by atoms with Crippen LogP contribution in [0, 0.1) is 11.5 Å². The Morgan fingerprint density at radius 3 is 2.14 bits per heavy atom. The third-order valence-electron chi connectivity index (χ3n) is 4.67. The summed E-state index contributed by atoms with van der Waals surface area (Å²) >= 11 is 0. The zero-order valence-electron chi connectivity index (χ0n) is 15.1. The Hall–Kier alpha value is -1.33. The number of rotatable bonds is 6. The summed E-state index contributed by atoms with van der Waals surface area (Å²) in [4.78, 5) is 4.36. The first-order valence-electron chi connectivity index (χ1n) is 8.37. The summed E-state index contributed by atoms with van der Waals surface area (Å²) in [6, 6.07) is 6.02. The van der Waals surface area contributed by atoms with Crippen LogP contribution in [-0.2, 0) is 6.42 Å². The molecule has 0 bridgehead atoms. The Kier molecular flexibility index (Phi) is 7.09. The maximum atomic E-state index is 4.36. The Balaban J connectivity index is 2.80. The van der Waals surface area contributed by atoms with Gasteiger partial charge in [-0.1, -0.05) is 59.8 Å². The number of allylic oxidation sites excluding steroid dienone is 1. The molecular weight excluding hydrogens is 282 g/mol. The van der Waals surface area contributed by atoms with E-state index >= 15 is 0 Å². The minimum absolute atomic E-state index is 0.684. The third kappa shape index (κ3) is 4.58. The number of hydrogen-bond donors (Lipinski definition) is 0. The Labute approximate surface area is 138 Å². The molecule has 1 nitrogen and oxygen atoms in total. The molecule has 0 aliphatic heterocycles. The average Bonchev–Trinajstić information content (AvgIpc) is 2.43. The van der Waals surface area contributed by atoms with Crippen LogP contribution in [0.1, 0.15) is 53.7 Å². The van der Waals surface area contributed by atoms with E-state index in [4.69, 9.17) is 0 Å². The van der Waals surface area contributed by atoms with Crippen LogP contribution in [0.5, 0.6) is 0 Å². The molecule has 0 atom stereocenters. The number of hydrogen-bond acceptors (Lipinski definition) is 1. The van der Waals surface area contributed by atoms with Gasteiger partial charge in [0, 0.05) is 24.7 Å².